The van der Waals surface area contributed by atoms with Crippen molar-refractivity contribution in [2.45, 2.75) is 32.3 Å². The molecule has 2 aromatic rings. The van der Waals surface area contributed by atoms with Crippen molar-refractivity contribution < 1.29 is 9.84 Å². The third-order valence-electron chi connectivity index (χ3n) is 4.65. The van der Waals surface area contributed by atoms with Gasteiger partial charge in [0.25, 0.3) is 0 Å². The first-order valence-electron chi connectivity index (χ1n) is 7.43. The second-order valence-corrected chi connectivity index (χ2v) is 6.56. The van der Waals surface area contributed by atoms with Crippen molar-refractivity contribution in [1.29, 1.82) is 0 Å². The normalized spacial score (nSPS) is 23.4. The maximum absolute atomic E-state index is 10.9. The van der Waals surface area contributed by atoms with E-state index in [0.717, 1.165) is 17.7 Å². The Hall–Kier alpha value is -1.80. The molecule has 2 atom stereocenters. The van der Waals surface area contributed by atoms with Crippen LogP contribution in [0.15, 0.2) is 48.5 Å². The molecule has 0 aliphatic heterocycles. The van der Waals surface area contributed by atoms with Gasteiger partial charge >= 0.3 is 0 Å². The lowest BCUT2D eigenvalue weighted by molar-refractivity contribution is 0.0665. The largest absolute Gasteiger partial charge is 0.497 e. The minimum atomic E-state index is -0.460. The van der Waals surface area contributed by atoms with E-state index in [2.05, 4.69) is 38.1 Å². The van der Waals surface area contributed by atoms with E-state index >= 15 is 0 Å². The van der Waals surface area contributed by atoms with Crippen molar-refractivity contribution in [2.24, 2.45) is 5.41 Å². The Labute approximate surface area is 126 Å². The lowest BCUT2D eigenvalue weighted by Gasteiger charge is -2.43. The van der Waals surface area contributed by atoms with Crippen molar-refractivity contribution in [2.75, 3.05) is 7.11 Å². The molecule has 0 spiro atoms. The van der Waals surface area contributed by atoms with Crippen LogP contribution in [-0.2, 0) is 6.42 Å². The van der Waals surface area contributed by atoms with Gasteiger partial charge in [-0.2, -0.15) is 0 Å². The molecule has 2 unspecified atom stereocenters. The van der Waals surface area contributed by atoms with Gasteiger partial charge in [-0.15, -0.1) is 0 Å². The van der Waals surface area contributed by atoms with Crippen molar-refractivity contribution in [3.8, 4) is 5.75 Å². The molecular weight excluding hydrogens is 260 g/mol. The Kier molecular flexibility index (Phi) is 3.50. The fraction of sp³-hybridized carbons (Fsp3) is 0.368. The van der Waals surface area contributed by atoms with Gasteiger partial charge in [0.05, 0.1) is 13.2 Å². The fourth-order valence-electron chi connectivity index (χ4n) is 3.64. The minimum absolute atomic E-state index is 0.0162. The molecule has 0 saturated heterocycles. The highest BCUT2D eigenvalue weighted by atomic mass is 16.5. The van der Waals surface area contributed by atoms with E-state index < -0.39 is 6.10 Å². The van der Waals surface area contributed by atoms with Crippen molar-refractivity contribution >= 4 is 0 Å². The van der Waals surface area contributed by atoms with Gasteiger partial charge in [-0.3, -0.25) is 0 Å². The van der Waals surface area contributed by atoms with Gasteiger partial charge in [0.1, 0.15) is 5.75 Å². The third kappa shape index (κ3) is 2.44. The zero-order chi connectivity index (χ0) is 15.0. The number of hydrogen-bond donors (Lipinski definition) is 1. The highest BCUT2D eigenvalue weighted by Crippen LogP contribution is 2.51. The van der Waals surface area contributed by atoms with Gasteiger partial charge in [-0.05, 0) is 40.7 Å². The highest BCUT2D eigenvalue weighted by molar-refractivity contribution is 5.40. The molecular formula is C19H22O2. The molecule has 2 aromatic carbocycles. The van der Waals surface area contributed by atoms with Crippen LogP contribution >= 0.6 is 0 Å². The molecule has 1 aliphatic rings. The highest BCUT2D eigenvalue weighted by Gasteiger charge is 2.41. The first-order chi connectivity index (χ1) is 10.0. The summed E-state index contributed by atoms with van der Waals surface area (Å²) in [5.41, 5.74) is 3.52. The predicted molar refractivity (Wildman–Crippen MR) is 84.6 cm³/mol. The van der Waals surface area contributed by atoms with E-state index in [-0.39, 0.29) is 11.3 Å². The molecule has 0 bridgehead atoms. The SMILES string of the molecule is COc1ccc(C2C(O)c3ccccc3CC2(C)C)cc1. The van der Waals surface area contributed by atoms with Crippen LogP contribution in [-0.4, -0.2) is 12.2 Å². The van der Waals surface area contributed by atoms with Crippen molar-refractivity contribution in [3.05, 3.63) is 65.2 Å². The molecule has 0 radical (unpaired) electrons. The molecule has 1 N–H and O–H groups in total. The van der Waals surface area contributed by atoms with Crippen LogP contribution in [0.3, 0.4) is 0 Å². The molecule has 21 heavy (non-hydrogen) atoms. The van der Waals surface area contributed by atoms with E-state index in [1.54, 1.807) is 7.11 Å². The topological polar surface area (TPSA) is 29.5 Å². The van der Waals surface area contributed by atoms with Crippen LogP contribution in [0.4, 0.5) is 0 Å². The van der Waals surface area contributed by atoms with E-state index in [1.807, 2.05) is 24.3 Å². The first-order valence-corrected chi connectivity index (χ1v) is 7.43. The van der Waals surface area contributed by atoms with E-state index in [9.17, 15) is 5.11 Å². The Bertz CT molecular complexity index is 628. The molecule has 0 fully saturated rings. The maximum atomic E-state index is 10.9. The van der Waals surface area contributed by atoms with Gasteiger partial charge in [-0.1, -0.05) is 50.2 Å². The number of hydrogen-bond acceptors (Lipinski definition) is 2. The summed E-state index contributed by atoms with van der Waals surface area (Å²) >= 11 is 0. The average molecular weight is 282 g/mol. The van der Waals surface area contributed by atoms with Crippen LogP contribution in [0.1, 0.15) is 42.6 Å². The molecule has 110 valence electrons. The summed E-state index contributed by atoms with van der Waals surface area (Å²) in [6, 6.07) is 16.3. The predicted octanol–water partition coefficient (Wildman–Crippen LogP) is 4.09. The molecule has 0 amide bonds. The first kappa shape index (κ1) is 14.2. The quantitative estimate of drug-likeness (QED) is 0.898. The van der Waals surface area contributed by atoms with Gasteiger partial charge in [0.2, 0.25) is 0 Å². The molecule has 1 aliphatic carbocycles. The van der Waals surface area contributed by atoms with Crippen LogP contribution in [0.5, 0.6) is 5.75 Å². The molecule has 2 heteroatoms. The standard InChI is InChI=1S/C19H22O2/c1-19(2)12-14-6-4-5-7-16(14)18(20)17(19)13-8-10-15(21-3)11-9-13/h4-11,17-18,20H,12H2,1-3H3. The number of rotatable bonds is 2. The van der Waals surface area contributed by atoms with Crippen LogP contribution in [0, 0.1) is 5.41 Å². The number of fused-ring (bicyclic) bond motifs is 1. The lowest BCUT2D eigenvalue weighted by Crippen LogP contribution is -2.34. The van der Waals surface area contributed by atoms with Gasteiger partial charge in [0, 0.05) is 5.92 Å². The number of aliphatic hydroxyl groups is 1. The Balaban J connectivity index is 2.04. The molecule has 2 nitrogen and oxygen atoms in total. The van der Waals surface area contributed by atoms with Gasteiger partial charge in [-0.25, -0.2) is 0 Å². The minimum Gasteiger partial charge on any atom is -0.497 e. The van der Waals surface area contributed by atoms with Gasteiger partial charge < -0.3 is 9.84 Å². The van der Waals surface area contributed by atoms with E-state index in [0.29, 0.717) is 0 Å². The summed E-state index contributed by atoms with van der Waals surface area (Å²) in [4.78, 5) is 0. The fourth-order valence-corrected chi connectivity index (χ4v) is 3.64. The summed E-state index contributed by atoms with van der Waals surface area (Å²) < 4.78 is 5.23. The van der Waals surface area contributed by atoms with Gasteiger partial charge in [0.15, 0.2) is 0 Å². The lowest BCUT2D eigenvalue weighted by atomic mass is 9.63. The Morgan fingerprint density at radius 3 is 2.38 bits per heavy atom. The maximum Gasteiger partial charge on any atom is 0.118 e. The Morgan fingerprint density at radius 1 is 1.05 bits per heavy atom. The summed E-state index contributed by atoms with van der Waals surface area (Å²) in [5, 5.41) is 10.9. The van der Waals surface area contributed by atoms with Crippen molar-refractivity contribution in [1.82, 2.24) is 0 Å². The summed E-state index contributed by atoms with van der Waals surface area (Å²) in [5.74, 6) is 0.945. The molecule has 0 saturated carbocycles. The number of benzene rings is 2. The third-order valence-corrected chi connectivity index (χ3v) is 4.65. The van der Waals surface area contributed by atoms with E-state index in [1.165, 1.54) is 11.1 Å². The summed E-state index contributed by atoms with van der Waals surface area (Å²) in [7, 11) is 1.67. The smallest absolute Gasteiger partial charge is 0.118 e. The zero-order valence-corrected chi connectivity index (χ0v) is 12.8. The Morgan fingerprint density at radius 2 is 1.71 bits per heavy atom. The summed E-state index contributed by atoms with van der Waals surface area (Å²) in [6.45, 7) is 4.47. The summed E-state index contributed by atoms with van der Waals surface area (Å²) in [6.07, 6.45) is 0.523. The van der Waals surface area contributed by atoms with Crippen LogP contribution < -0.4 is 4.74 Å². The number of methoxy groups -OCH3 is 1. The average Bonchev–Trinajstić information content (AvgIpc) is 2.47. The van der Waals surface area contributed by atoms with Crippen LogP contribution in [0.25, 0.3) is 0 Å². The second kappa shape index (κ2) is 5.19. The number of aliphatic hydroxyl groups excluding tert-OH is 1. The molecule has 3 rings (SSSR count). The molecule has 0 aromatic heterocycles. The zero-order valence-electron chi connectivity index (χ0n) is 12.8. The van der Waals surface area contributed by atoms with E-state index in [4.69, 9.17) is 4.74 Å². The second-order valence-electron chi connectivity index (χ2n) is 6.56. The van der Waals surface area contributed by atoms with Crippen LogP contribution in [0.2, 0.25) is 0 Å². The molecule has 0 heterocycles. The number of ether oxygens (including phenoxy) is 1. The van der Waals surface area contributed by atoms with Crippen molar-refractivity contribution in [3.63, 3.8) is 0 Å². The monoisotopic (exact) mass is 282 g/mol.